The highest BCUT2D eigenvalue weighted by Gasteiger charge is 2.25. The third kappa shape index (κ3) is 3.27. The van der Waals surface area contributed by atoms with Crippen molar-refractivity contribution >= 4 is 17.9 Å². The second-order valence-corrected chi connectivity index (χ2v) is 6.88. The lowest BCUT2D eigenvalue weighted by Gasteiger charge is -2.26. The summed E-state index contributed by atoms with van der Waals surface area (Å²) < 4.78 is 16.1. The Morgan fingerprint density at radius 1 is 1.11 bits per heavy atom. The van der Waals surface area contributed by atoms with Crippen molar-refractivity contribution < 1.29 is 19.0 Å². The van der Waals surface area contributed by atoms with E-state index >= 15 is 0 Å². The Morgan fingerprint density at radius 2 is 1.96 bits per heavy atom. The average Bonchev–Trinajstić information content (AvgIpc) is 3.38. The molecule has 1 saturated heterocycles. The minimum atomic E-state index is -0.0522. The minimum Gasteiger partial charge on any atom is -0.454 e. The molecule has 3 aliphatic rings. The van der Waals surface area contributed by atoms with Gasteiger partial charge in [-0.2, -0.15) is 0 Å². The maximum Gasteiger partial charge on any atom is 0.247 e. The second-order valence-electron chi connectivity index (χ2n) is 6.88. The first-order chi connectivity index (χ1) is 13.8. The molecule has 0 N–H and O–H groups in total. The monoisotopic (exact) mass is 380 g/mol. The number of fused-ring (bicyclic) bond motifs is 2. The fourth-order valence-electron chi connectivity index (χ4n) is 3.50. The van der Waals surface area contributed by atoms with E-state index in [2.05, 4.69) is 14.9 Å². The van der Waals surface area contributed by atoms with Crippen LogP contribution in [0.2, 0.25) is 0 Å². The predicted octanol–water partition coefficient (Wildman–Crippen LogP) is 1.60. The molecule has 28 heavy (non-hydrogen) atoms. The molecular weight excluding hydrogens is 360 g/mol. The molecule has 0 aliphatic carbocycles. The number of amides is 1. The molecule has 0 spiro atoms. The number of anilines is 1. The van der Waals surface area contributed by atoms with Crippen molar-refractivity contribution in [1.29, 1.82) is 0 Å². The van der Waals surface area contributed by atoms with Gasteiger partial charge < -0.3 is 24.0 Å². The van der Waals surface area contributed by atoms with E-state index in [4.69, 9.17) is 14.2 Å². The fourth-order valence-corrected chi connectivity index (χ4v) is 3.50. The van der Waals surface area contributed by atoms with Gasteiger partial charge in [-0.15, -0.1) is 0 Å². The Morgan fingerprint density at radius 3 is 2.86 bits per heavy atom. The SMILES string of the molecule is O=C(C=Cc1ccc2c(c1)OCO2)N1Cc2cnc(N3CCOCC3)nc2C1. The first-order valence-electron chi connectivity index (χ1n) is 9.30. The van der Waals surface area contributed by atoms with Crippen LogP contribution in [-0.4, -0.2) is 53.9 Å². The van der Waals surface area contributed by atoms with Gasteiger partial charge in [-0.1, -0.05) is 6.07 Å². The van der Waals surface area contributed by atoms with E-state index in [1.165, 1.54) is 0 Å². The van der Waals surface area contributed by atoms with Gasteiger partial charge in [-0.25, -0.2) is 9.97 Å². The molecule has 0 atom stereocenters. The van der Waals surface area contributed by atoms with Gasteiger partial charge in [0.2, 0.25) is 18.6 Å². The lowest BCUT2D eigenvalue weighted by molar-refractivity contribution is -0.126. The number of aromatic nitrogens is 2. The van der Waals surface area contributed by atoms with E-state index in [0.29, 0.717) is 38.0 Å². The van der Waals surface area contributed by atoms with Crippen LogP contribution in [0.4, 0.5) is 5.95 Å². The van der Waals surface area contributed by atoms with Crippen LogP contribution in [0.5, 0.6) is 11.5 Å². The van der Waals surface area contributed by atoms with Gasteiger partial charge in [0.1, 0.15) is 0 Å². The number of hydrogen-bond acceptors (Lipinski definition) is 7. The van der Waals surface area contributed by atoms with Crippen LogP contribution >= 0.6 is 0 Å². The molecule has 1 aromatic heterocycles. The molecule has 144 valence electrons. The third-order valence-corrected chi connectivity index (χ3v) is 5.06. The molecule has 4 heterocycles. The molecule has 1 fully saturated rings. The quantitative estimate of drug-likeness (QED) is 0.749. The first-order valence-corrected chi connectivity index (χ1v) is 9.30. The van der Waals surface area contributed by atoms with Gasteiger partial charge in [0.05, 0.1) is 25.5 Å². The normalized spacial score (nSPS) is 18.0. The highest BCUT2D eigenvalue weighted by molar-refractivity contribution is 5.92. The van der Waals surface area contributed by atoms with Gasteiger partial charge in [-0.05, 0) is 23.8 Å². The zero-order valence-corrected chi connectivity index (χ0v) is 15.3. The topological polar surface area (TPSA) is 77.0 Å². The van der Waals surface area contributed by atoms with E-state index in [9.17, 15) is 4.79 Å². The molecule has 3 aliphatic heterocycles. The summed E-state index contributed by atoms with van der Waals surface area (Å²) in [4.78, 5) is 25.7. The summed E-state index contributed by atoms with van der Waals surface area (Å²) in [6.45, 7) is 4.23. The number of carbonyl (C=O) groups is 1. The number of rotatable bonds is 3. The zero-order valence-electron chi connectivity index (χ0n) is 15.3. The predicted molar refractivity (Wildman–Crippen MR) is 101 cm³/mol. The lowest BCUT2D eigenvalue weighted by atomic mass is 10.2. The van der Waals surface area contributed by atoms with E-state index in [1.54, 1.807) is 17.1 Å². The van der Waals surface area contributed by atoms with Crippen molar-refractivity contribution in [2.45, 2.75) is 13.1 Å². The Balaban J connectivity index is 1.26. The maximum absolute atomic E-state index is 12.6. The number of ether oxygens (including phenoxy) is 3. The summed E-state index contributed by atoms with van der Waals surface area (Å²) in [5.41, 5.74) is 2.81. The fraction of sp³-hybridized carbons (Fsp3) is 0.350. The standard InChI is InChI=1S/C20H20N4O4/c25-19(4-2-14-1-3-17-18(9-14)28-13-27-17)24-11-15-10-21-20(22-16(15)12-24)23-5-7-26-8-6-23/h1-4,9-10H,5-8,11-13H2. The lowest BCUT2D eigenvalue weighted by Crippen LogP contribution is -2.37. The summed E-state index contributed by atoms with van der Waals surface area (Å²) in [6, 6.07) is 5.61. The molecular formula is C20H20N4O4. The molecule has 0 saturated carbocycles. The summed E-state index contributed by atoms with van der Waals surface area (Å²) in [7, 11) is 0. The van der Waals surface area contributed by atoms with Gasteiger partial charge in [0, 0.05) is 37.5 Å². The molecule has 8 nitrogen and oxygen atoms in total. The zero-order chi connectivity index (χ0) is 18.9. The van der Waals surface area contributed by atoms with Crippen LogP contribution < -0.4 is 14.4 Å². The van der Waals surface area contributed by atoms with Crippen molar-refractivity contribution in [3.05, 3.63) is 47.3 Å². The van der Waals surface area contributed by atoms with E-state index in [1.807, 2.05) is 24.4 Å². The molecule has 1 amide bonds. The van der Waals surface area contributed by atoms with Gasteiger partial charge in [0.15, 0.2) is 11.5 Å². The van der Waals surface area contributed by atoms with Crippen molar-refractivity contribution in [2.75, 3.05) is 38.0 Å². The first kappa shape index (κ1) is 17.0. The van der Waals surface area contributed by atoms with Crippen LogP contribution in [0, 0.1) is 0 Å². The van der Waals surface area contributed by atoms with Crippen LogP contribution in [0.15, 0.2) is 30.5 Å². The van der Waals surface area contributed by atoms with Crippen molar-refractivity contribution in [3.63, 3.8) is 0 Å². The maximum atomic E-state index is 12.6. The van der Waals surface area contributed by atoms with Crippen molar-refractivity contribution in [3.8, 4) is 11.5 Å². The van der Waals surface area contributed by atoms with Crippen molar-refractivity contribution in [2.24, 2.45) is 0 Å². The highest BCUT2D eigenvalue weighted by Crippen LogP contribution is 2.33. The molecule has 5 rings (SSSR count). The smallest absolute Gasteiger partial charge is 0.247 e. The number of nitrogens with zero attached hydrogens (tertiary/aromatic N) is 4. The summed E-state index contributed by atoms with van der Waals surface area (Å²) in [5, 5.41) is 0. The van der Waals surface area contributed by atoms with Crippen LogP contribution in [0.1, 0.15) is 16.8 Å². The number of morpholine rings is 1. The van der Waals surface area contributed by atoms with Crippen LogP contribution in [0.3, 0.4) is 0 Å². The number of benzene rings is 1. The molecule has 0 unspecified atom stereocenters. The van der Waals surface area contributed by atoms with Gasteiger partial charge in [-0.3, -0.25) is 4.79 Å². The summed E-state index contributed by atoms with van der Waals surface area (Å²) in [5.74, 6) is 2.10. The molecule has 0 bridgehead atoms. The second kappa shape index (κ2) is 7.12. The number of carbonyl (C=O) groups excluding carboxylic acids is 1. The van der Waals surface area contributed by atoms with Crippen molar-refractivity contribution in [1.82, 2.24) is 14.9 Å². The van der Waals surface area contributed by atoms with E-state index in [-0.39, 0.29) is 12.7 Å². The Kier molecular flexibility index (Phi) is 4.32. The Hall–Kier alpha value is -3.13. The number of hydrogen-bond donors (Lipinski definition) is 0. The molecule has 8 heteroatoms. The van der Waals surface area contributed by atoms with E-state index in [0.717, 1.165) is 35.7 Å². The Bertz CT molecular complexity index is 940. The summed E-state index contributed by atoms with van der Waals surface area (Å²) in [6.07, 6.45) is 5.21. The average molecular weight is 380 g/mol. The van der Waals surface area contributed by atoms with Crippen LogP contribution in [-0.2, 0) is 22.6 Å². The Labute approximate surface area is 162 Å². The minimum absolute atomic E-state index is 0.0522. The van der Waals surface area contributed by atoms with E-state index < -0.39 is 0 Å². The summed E-state index contributed by atoms with van der Waals surface area (Å²) >= 11 is 0. The molecule has 0 radical (unpaired) electrons. The van der Waals surface area contributed by atoms with Crippen LogP contribution in [0.25, 0.3) is 6.08 Å². The molecule has 1 aromatic carbocycles. The largest absolute Gasteiger partial charge is 0.454 e. The van der Waals surface area contributed by atoms with Gasteiger partial charge >= 0.3 is 0 Å². The highest BCUT2D eigenvalue weighted by atomic mass is 16.7. The third-order valence-electron chi connectivity index (χ3n) is 5.06. The van der Waals surface area contributed by atoms with Gasteiger partial charge in [0.25, 0.3) is 0 Å². The molecule has 2 aromatic rings.